The standard InChI is InChI=1S/C17H13N3O3S/c21-17(9-20-11-18-13-4-1-2-5-14(13)20)22-10-12-8-15(23-19-12)16-6-3-7-24-16/h1-8,11H,9-10H2. The van der Waals surface area contributed by atoms with Gasteiger partial charge in [0.25, 0.3) is 0 Å². The molecule has 6 nitrogen and oxygen atoms in total. The van der Waals surface area contributed by atoms with E-state index >= 15 is 0 Å². The zero-order valence-electron chi connectivity index (χ0n) is 12.6. The maximum Gasteiger partial charge on any atom is 0.326 e. The van der Waals surface area contributed by atoms with Gasteiger partial charge in [-0.15, -0.1) is 11.3 Å². The summed E-state index contributed by atoms with van der Waals surface area (Å²) >= 11 is 1.57. The molecule has 0 atom stereocenters. The molecule has 1 aromatic carbocycles. The highest BCUT2D eigenvalue weighted by atomic mass is 32.1. The predicted molar refractivity (Wildman–Crippen MR) is 89.3 cm³/mol. The summed E-state index contributed by atoms with van der Waals surface area (Å²) < 4.78 is 12.3. The van der Waals surface area contributed by atoms with E-state index in [1.165, 1.54) is 0 Å². The largest absolute Gasteiger partial charge is 0.458 e. The van der Waals surface area contributed by atoms with Crippen LogP contribution in [0.15, 0.2) is 58.7 Å². The number of fused-ring (bicyclic) bond motifs is 1. The number of nitrogens with zero attached hydrogens (tertiary/aromatic N) is 3. The van der Waals surface area contributed by atoms with Gasteiger partial charge in [0, 0.05) is 6.07 Å². The molecule has 4 rings (SSSR count). The Morgan fingerprint density at radius 2 is 2.17 bits per heavy atom. The Morgan fingerprint density at radius 3 is 3.04 bits per heavy atom. The summed E-state index contributed by atoms with van der Waals surface area (Å²) in [5.74, 6) is 0.329. The summed E-state index contributed by atoms with van der Waals surface area (Å²) in [5.41, 5.74) is 2.33. The van der Waals surface area contributed by atoms with Crippen LogP contribution in [-0.4, -0.2) is 20.7 Å². The summed E-state index contributed by atoms with van der Waals surface area (Å²) in [6, 6.07) is 13.3. The molecule has 120 valence electrons. The minimum absolute atomic E-state index is 0.0837. The number of rotatable bonds is 5. The maximum absolute atomic E-state index is 12.0. The molecule has 4 aromatic rings. The molecule has 0 N–H and O–H groups in total. The van der Waals surface area contributed by atoms with Gasteiger partial charge in [-0.2, -0.15) is 0 Å². The number of esters is 1. The van der Waals surface area contributed by atoms with Crippen LogP contribution in [0.5, 0.6) is 0 Å². The number of benzene rings is 1. The Bertz CT molecular complexity index is 972. The Morgan fingerprint density at radius 1 is 1.25 bits per heavy atom. The Kier molecular flexibility index (Phi) is 3.84. The van der Waals surface area contributed by atoms with Crippen molar-refractivity contribution >= 4 is 28.3 Å². The second-order valence-corrected chi connectivity index (χ2v) is 6.13. The first-order chi connectivity index (χ1) is 11.8. The molecule has 0 bridgehead atoms. The van der Waals surface area contributed by atoms with Gasteiger partial charge in [0.2, 0.25) is 0 Å². The van der Waals surface area contributed by atoms with Crippen LogP contribution in [0.2, 0.25) is 0 Å². The van der Waals surface area contributed by atoms with Gasteiger partial charge in [0.05, 0.1) is 22.2 Å². The third kappa shape index (κ3) is 2.93. The number of carbonyl (C=O) groups excluding carboxylic acids is 1. The molecule has 0 spiro atoms. The van der Waals surface area contributed by atoms with Crippen molar-refractivity contribution in [2.75, 3.05) is 0 Å². The molecule has 0 radical (unpaired) electrons. The van der Waals surface area contributed by atoms with E-state index in [-0.39, 0.29) is 19.1 Å². The van der Waals surface area contributed by atoms with Crippen LogP contribution in [-0.2, 0) is 22.7 Å². The van der Waals surface area contributed by atoms with Crippen LogP contribution in [0.3, 0.4) is 0 Å². The molecule has 0 saturated heterocycles. The zero-order chi connectivity index (χ0) is 16.4. The molecule has 3 heterocycles. The fourth-order valence-electron chi connectivity index (χ4n) is 2.39. The minimum Gasteiger partial charge on any atom is -0.458 e. The van der Waals surface area contributed by atoms with Crippen molar-refractivity contribution < 1.29 is 14.1 Å². The van der Waals surface area contributed by atoms with Crippen LogP contribution >= 0.6 is 11.3 Å². The van der Waals surface area contributed by atoms with Gasteiger partial charge in [0.1, 0.15) is 18.8 Å². The molecule has 0 saturated carbocycles. The van der Waals surface area contributed by atoms with E-state index in [9.17, 15) is 4.79 Å². The molecule has 7 heteroatoms. The summed E-state index contributed by atoms with van der Waals surface area (Å²) in [5, 5.41) is 5.89. The smallest absolute Gasteiger partial charge is 0.326 e. The third-order valence-corrected chi connectivity index (χ3v) is 4.42. The Labute approximate surface area is 141 Å². The molecule has 0 aliphatic rings. The Hall–Kier alpha value is -2.93. The number of para-hydroxylation sites is 2. The number of hydrogen-bond acceptors (Lipinski definition) is 6. The molecule has 0 unspecified atom stereocenters. The van der Waals surface area contributed by atoms with E-state index in [1.54, 1.807) is 28.3 Å². The first kappa shape index (κ1) is 14.6. The van der Waals surface area contributed by atoms with Gasteiger partial charge < -0.3 is 13.8 Å². The molecule has 0 amide bonds. The number of imidazole rings is 1. The summed E-state index contributed by atoms with van der Waals surface area (Å²) in [7, 11) is 0. The van der Waals surface area contributed by atoms with Gasteiger partial charge in [-0.3, -0.25) is 4.79 Å². The van der Waals surface area contributed by atoms with Gasteiger partial charge in [0.15, 0.2) is 5.76 Å². The topological polar surface area (TPSA) is 70.2 Å². The van der Waals surface area contributed by atoms with Gasteiger partial charge in [-0.1, -0.05) is 23.4 Å². The minimum atomic E-state index is -0.348. The molecule has 0 aliphatic heterocycles. The third-order valence-electron chi connectivity index (χ3n) is 3.53. The van der Waals surface area contributed by atoms with Crippen molar-refractivity contribution in [3.63, 3.8) is 0 Å². The molecule has 0 aliphatic carbocycles. The normalized spacial score (nSPS) is 11.0. The molecule has 3 aromatic heterocycles. The summed E-state index contributed by atoms with van der Waals surface area (Å²) in [6.45, 7) is 0.191. The lowest BCUT2D eigenvalue weighted by Gasteiger charge is -2.04. The molecule has 0 fully saturated rings. The van der Waals surface area contributed by atoms with E-state index in [0.717, 1.165) is 15.9 Å². The van der Waals surface area contributed by atoms with E-state index in [4.69, 9.17) is 9.26 Å². The lowest BCUT2D eigenvalue weighted by Crippen LogP contribution is -2.12. The lowest BCUT2D eigenvalue weighted by atomic mass is 10.3. The molecular weight excluding hydrogens is 326 g/mol. The quantitative estimate of drug-likeness (QED) is 0.521. The van der Waals surface area contributed by atoms with Crippen molar-refractivity contribution in [2.45, 2.75) is 13.2 Å². The van der Waals surface area contributed by atoms with Crippen LogP contribution in [0, 0.1) is 0 Å². The van der Waals surface area contributed by atoms with E-state index < -0.39 is 0 Å². The van der Waals surface area contributed by atoms with Crippen LogP contribution in [0.25, 0.3) is 21.7 Å². The fourth-order valence-corrected chi connectivity index (χ4v) is 3.06. The average molecular weight is 339 g/mol. The summed E-state index contributed by atoms with van der Waals surface area (Å²) in [4.78, 5) is 17.3. The fraction of sp³-hybridized carbons (Fsp3) is 0.118. The SMILES string of the molecule is O=C(Cn1cnc2ccccc21)OCc1cc(-c2cccs2)on1. The van der Waals surface area contributed by atoms with Crippen LogP contribution in [0.4, 0.5) is 0 Å². The highest BCUT2D eigenvalue weighted by Gasteiger charge is 2.11. The number of carbonyl (C=O) groups is 1. The highest BCUT2D eigenvalue weighted by molar-refractivity contribution is 7.13. The van der Waals surface area contributed by atoms with Crippen molar-refractivity contribution in [1.29, 1.82) is 0 Å². The van der Waals surface area contributed by atoms with Gasteiger partial charge in [-0.05, 0) is 23.6 Å². The average Bonchev–Trinajstić information content (AvgIpc) is 3.34. The van der Waals surface area contributed by atoms with E-state index in [0.29, 0.717) is 11.5 Å². The predicted octanol–water partition coefficient (Wildman–Crippen LogP) is 3.50. The first-order valence-electron chi connectivity index (χ1n) is 7.34. The van der Waals surface area contributed by atoms with E-state index in [2.05, 4.69) is 10.1 Å². The van der Waals surface area contributed by atoms with Gasteiger partial charge >= 0.3 is 5.97 Å². The van der Waals surface area contributed by atoms with Crippen molar-refractivity contribution in [2.24, 2.45) is 0 Å². The monoisotopic (exact) mass is 339 g/mol. The maximum atomic E-state index is 12.0. The molecule has 24 heavy (non-hydrogen) atoms. The summed E-state index contributed by atoms with van der Waals surface area (Å²) in [6.07, 6.45) is 1.64. The molecular formula is C17H13N3O3S. The van der Waals surface area contributed by atoms with Crippen molar-refractivity contribution in [3.8, 4) is 10.6 Å². The highest BCUT2D eigenvalue weighted by Crippen LogP contribution is 2.25. The zero-order valence-corrected chi connectivity index (χ0v) is 13.4. The number of ether oxygens (including phenoxy) is 1. The van der Waals surface area contributed by atoms with E-state index in [1.807, 2.05) is 41.8 Å². The van der Waals surface area contributed by atoms with Crippen LogP contribution < -0.4 is 0 Å². The van der Waals surface area contributed by atoms with Crippen molar-refractivity contribution in [1.82, 2.24) is 14.7 Å². The number of aromatic nitrogens is 3. The lowest BCUT2D eigenvalue weighted by molar-refractivity contribution is -0.145. The first-order valence-corrected chi connectivity index (χ1v) is 8.22. The second-order valence-electron chi connectivity index (χ2n) is 5.18. The second kappa shape index (κ2) is 6.29. The number of hydrogen-bond donors (Lipinski definition) is 0. The Balaban J connectivity index is 1.38. The van der Waals surface area contributed by atoms with Crippen molar-refractivity contribution in [3.05, 3.63) is 59.9 Å². The van der Waals surface area contributed by atoms with Crippen LogP contribution in [0.1, 0.15) is 5.69 Å². The number of thiophene rings is 1. The van der Waals surface area contributed by atoms with Gasteiger partial charge in [-0.25, -0.2) is 4.98 Å².